The Labute approximate surface area is 195 Å². The van der Waals surface area contributed by atoms with Crippen LogP contribution in [0.3, 0.4) is 0 Å². The summed E-state index contributed by atoms with van der Waals surface area (Å²) < 4.78 is 10.6. The predicted molar refractivity (Wildman–Crippen MR) is 124 cm³/mol. The van der Waals surface area contributed by atoms with Crippen molar-refractivity contribution < 1.29 is 18.7 Å². The molecular weight excluding hydrogens is 453 g/mol. The zero-order valence-corrected chi connectivity index (χ0v) is 18.7. The molecule has 1 atom stereocenters. The van der Waals surface area contributed by atoms with Gasteiger partial charge in [0.25, 0.3) is 5.91 Å². The van der Waals surface area contributed by atoms with Gasteiger partial charge in [-0.3, -0.25) is 4.79 Å². The zero-order valence-electron chi connectivity index (χ0n) is 17.2. The van der Waals surface area contributed by atoms with E-state index in [0.29, 0.717) is 21.6 Å². The zero-order chi connectivity index (χ0) is 22.9. The van der Waals surface area contributed by atoms with Crippen LogP contribution in [0.1, 0.15) is 18.2 Å². The Balaban J connectivity index is 1.65. The van der Waals surface area contributed by atoms with E-state index in [4.69, 9.17) is 32.4 Å². The Morgan fingerprint density at radius 3 is 2.59 bits per heavy atom. The fourth-order valence-electron chi connectivity index (χ4n) is 2.84. The Morgan fingerprint density at radius 2 is 1.88 bits per heavy atom. The molecule has 0 spiro atoms. The number of benzene rings is 2. The van der Waals surface area contributed by atoms with Crippen molar-refractivity contribution in [3.05, 3.63) is 82.0 Å². The average molecular weight is 474 g/mol. The highest BCUT2D eigenvalue weighted by molar-refractivity contribution is 6.42. The number of carbonyl (C=O) groups excluding carboxylic acids is 2. The van der Waals surface area contributed by atoms with Crippen molar-refractivity contribution in [2.75, 3.05) is 6.61 Å². The lowest BCUT2D eigenvalue weighted by Crippen LogP contribution is -2.47. The molecule has 166 valence electrons. The molecule has 0 aliphatic heterocycles. The summed E-state index contributed by atoms with van der Waals surface area (Å²) in [5, 5.41) is 7.36. The predicted octanol–water partition coefficient (Wildman–Crippen LogP) is 5.06. The monoisotopic (exact) mass is 473 g/mol. The minimum atomic E-state index is -0.864. The van der Waals surface area contributed by atoms with Crippen LogP contribution in [0.15, 0.2) is 70.2 Å². The third-order valence-electron chi connectivity index (χ3n) is 4.36. The maximum atomic E-state index is 12.6. The van der Waals surface area contributed by atoms with Crippen LogP contribution in [-0.2, 0) is 16.0 Å². The van der Waals surface area contributed by atoms with Gasteiger partial charge in [-0.25, -0.2) is 10.2 Å². The third kappa shape index (κ3) is 6.60. The molecule has 0 saturated carbocycles. The second-order valence-corrected chi connectivity index (χ2v) is 7.49. The highest BCUT2D eigenvalue weighted by atomic mass is 35.5. The number of halogens is 2. The molecule has 0 fully saturated rings. The van der Waals surface area contributed by atoms with E-state index in [0.717, 1.165) is 11.1 Å². The molecule has 0 aliphatic carbocycles. The maximum absolute atomic E-state index is 12.6. The minimum Gasteiger partial charge on any atom is -0.455 e. The molecule has 32 heavy (non-hydrogen) atoms. The van der Waals surface area contributed by atoms with Gasteiger partial charge in [0.05, 0.1) is 22.9 Å². The molecule has 2 aromatic carbocycles. The van der Waals surface area contributed by atoms with Crippen LogP contribution >= 0.6 is 23.2 Å². The summed E-state index contributed by atoms with van der Waals surface area (Å²) in [4.78, 5) is 24.5. The van der Waals surface area contributed by atoms with E-state index in [2.05, 4.69) is 15.8 Å². The minimum absolute atomic E-state index is 0.198. The number of hydrogen-bond acceptors (Lipinski definition) is 5. The first-order chi connectivity index (χ1) is 15.5. The largest absolute Gasteiger partial charge is 0.455 e. The van der Waals surface area contributed by atoms with Crippen molar-refractivity contribution >= 4 is 41.4 Å². The molecule has 0 bridgehead atoms. The molecule has 0 unspecified atom stereocenters. The Kier molecular flexibility index (Phi) is 8.30. The van der Waals surface area contributed by atoms with E-state index in [9.17, 15) is 9.59 Å². The first-order valence-electron chi connectivity index (χ1n) is 9.81. The average Bonchev–Trinajstić information content (AvgIpc) is 3.25. The number of ether oxygens (including phenoxy) is 1. The smallest absolute Gasteiger partial charge is 0.407 e. The van der Waals surface area contributed by atoms with E-state index < -0.39 is 18.0 Å². The summed E-state index contributed by atoms with van der Waals surface area (Å²) in [6, 6.07) is 17.1. The summed E-state index contributed by atoms with van der Waals surface area (Å²) >= 11 is 12.0. The van der Waals surface area contributed by atoms with Crippen molar-refractivity contribution in [2.45, 2.75) is 19.4 Å². The number of hydrazone groups is 1. The lowest BCUT2D eigenvalue weighted by Gasteiger charge is -2.16. The van der Waals surface area contributed by atoms with Gasteiger partial charge in [0.2, 0.25) is 0 Å². The van der Waals surface area contributed by atoms with Crippen molar-refractivity contribution in [2.24, 2.45) is 5.10 Å². The molecule has 0 saturated heterocycles. The Hall–Kier alpha value is -3.29. The Morgan fingerprint density at radius 1 is 1.09 bits per heavy atom. The third-order valence-corrected chi connectivity index (χ3v) is 5.10. The van der Waals surface area contributed by atoms with Gasteiger partial charge in [-0.05, 0) is 42.8 Å². The number of carbonyl (C=O) groups is 2. The highest BCUT2D eigenvalue weighted by Gasteiger charge is 2.21. The van der Waals surface area contributed by atoms with Crippen molar-refractivity contribution in [3.8, 4) is 11.3 Å². The molecule has 2 amide bonds. The van der Waals surface area contributed by atoms with Gasteiger partial charge in [-0.15, -0.1) is 0 Å². The van der Waals surface area contributed by atoms with Gasteiger partial charge in [0.15, 0.2) is 0 Å². The molecule has 3 aromatic rings. The van der Waals surface area contributed by atoms with Gasteiger partial charge in [-0.2, -0.15) is 5.10 Å². The summed E-state index contributed by atoms with van der Waals surface area (Å²) in [6.07, 6.45) is 0.969. The number of alkyl carbamates (subject to hydrolysis) is 1. The van der Waals surface area contributed by atoms with Gasteiger partial charge in [0.1, 0.15) is 17.6 Å². The second kappa shape index (κ2) is 11.4. The SMILES string of the molecule is CCOC(=O)N[C@@H](Cc1ccccc1)C(=O)N/N=C\c1ccc(-c2ccc(Cl)c(Cl)c2)o1. The summed E-state index contributed by atoms with van der Waals surface area (Å²) in [6.45, 7) is 1.88. The van der Waals surface area contributed by atoms with Crippen LogP contribution in [0.4, 0.5) is 4.79 Å². The maximum Gasteiger partial charge on any atom is 0.407 e. The van der Waals surface area contributed by atoms with Gasteiger partial charge in [-0.1, -0.05) is 53.5 Å². The van der Waals surface area contributed by atoms with E-state index >= 15 is 0 Å². The van der Waals surface area contributed by atoms with Crippen LogP contribution in [0, 0.1) is 0 Å². The molecule has 1 aromatic heterocycles. The van der Waals surface area contributed by atoms with Crippen molar-refractivity contribution in [3.63, 3.8) is 0 Å². The summed E-state index contributed by atoms with van der Waals surface area (Å²) in [5.41, 5.74) is 4.06. The number of rotatable bonds is 8. The quantitative estimate of drug-likeness (QED) is 0.353. The van der Waals surface area contributed by atoms with Crippen LogP contribution in [0.5, 0.6) is 0 Å². The first-order valence-corrected chi connectivity index (χ1v) is 10.6. The fraction of sp³-hybridized carbons (Fsp3) is 0.174. The molecule has 9 heteroatoms. The summed E-state index contributed by atoms with van der Waals surface area (Å²) in [5.74, 6) is 0.501. The fourth-order valence-corrected chi connectivity index (χ4v) is 3.14. The van der Waals surface area contributed by atoms with E-state index in [1.54, 1.807) is 37.3 Å². The van der Waals surface area contributed by atoms with Crippen molar-refractivity contribution in [1.82, 2.24) is 10.7 Å². The van der Waals surface area contributed by atoms with Crippen LogP contribution in [0.2, 0.25) is 10.0 Å². The van der Waals surface area contributed by atoms with Gasteiger partial charge < -0.3 is 14.5 Å². The molecule has 0 aliphatic rings. The van der Waals surface area contributed by atoms with Crippen LogP contribution in [-0.4, -0.2) is 30.9 Å². The molecule has 7 nitrogen and oxygen atoms in total. The van der Waals surface area contributed by atoms with E-state index in [1.165, 1.54) is 6.21 Å². The topological polar surface area (TPSA) is 92.9 Å². The number of hydrogen-bond donors (Lipinski definition) is 2. The van der Waals surface area contributed by atoms with Gasteiger partial charge >= 0.3 is 6.09 Å². The normalized spacial score (nSPS) is 11.8. The van der Waals surface area contributed by atoms with Gasteiger partial charge in [0, 0.05) is 12.0 Å². The number of furan rings is 1. The molecular formula is C23H21Cl2N3O4. The van der Waals surface area contributed by atoms with E-state index in [-0.39, 0.29) is 13.0 Å². The van der Waals surface area contributed by atoms with Crippen LogP contribution in [0.25, 0.3) is 11.3 Å². The second-order valence-electron chi connectivity index (χ2n) is 6.67. The molecule has 2 N–H and O–H groups in total. The molecule has 0 radical (unpaired) electrons. The molecule has 3 rings (SSSR count). The number of nitrogens with zero attached hydrogens (tertiary/aromatic N) is 1. The van der Waals surface area contributed by atoms with Crippen molar-refractivity contribution in [1.29, 1.82) is 0 Å². The Bertz CT molecular complexity index is 1100. The number of amides is 2. The standard InChI is InChI=1S/C23H21Cl2N3O4/c1-2-31-23(30)27-20(12-15-6-4-3-5-7-15)22(29)28-26-14-17-9-11-21(32-17)16-8-10-18(24)19(25)13-16/h3-11,13-14,20H,2,12H2,1H3,(H,27,30)(H,28,29)/b26-14-/t20-/m0/s1. The van der Waals surface area contributed by atoms with Crippen LogP contribution < -0.4 is 10.7 Å². The number of nitrogens with one attached hydrogen (secondary N) is 2. The highest BCUT2D eigenvalue weighted by Crippen LogP contribution is 2.29. The van der Waals surface area contributed by atoms with E-state index in [1.807, 2.05) is 30.3 Å². The molecule has 1 heterocycles. The summed E-state index contributed by atoms with van der Waals surface area (Å²) in [7, 11) is 0. The first kappa shape index (κ1) is 23.4. The lowest BCUT2D eigenvalue weighted by atomic mass is 10.1. The lowest BCUT2D eigenvalue weighted by molar-refractivity contribution is -0.123.